The van der Waals surface area contributed by atoms with Gasteiger partial charge in [-0.05, 0) is 11.1 Å². The smallest absolute Gasteiger partial charge is 0.137 e. The van der Waals surface area contributed by atoms with E-state index < -0.39 is 6.17 Å². The lowest BCUT2D eigenvalue weighted by atomic mass is 10.1. The standard InChI is InChI=1S/C15H16FN/c16-15(14-9-5-2-6-10-14)12-17-11-13-7-3-1-4-8-13/h1-10,15,17H,11-12H2. The maximum absolute atomic E-state index is 13.8. The molecule has 1 unspecified atom stereocenters. The van der Waals surface area contributed by atoms with Gasteiger partial charge in [0.1, 0.15) is 6.17 Å². The van der Waals surface area contributed by atoms with Gasteiger partial charge in [0.05, 0.1) is 0 Å². The van der Waals surface area contributed by atoms with Gasteiger partial charge < -0.3 is 5.32 Å². The lowest BCUT2D eigenvalue weighted by Gasteiger charge is -2.10. The van der Waals surface area contributed by atoms with Crippen molar-refractivity contribution in [1.29, 1.82) is 0 Å². The van der Waals surface area contributed by atoms with Crippen molar-refractivity contribution in [3.63, 3.8) is 0 Å². The van der Waals surface area contributed by atoms with E-state index >= 15 is 0 Å². The third-order valence-corrected chi connectivity index (χ3v) is 2.66. The average Bonchev–Trinajstić information content (AvgIpc) is 2.41. The highest BCUT2D eigenvalue weighted by atomic mass is 19.1. The van der Waals surface area contributed by atoms with Gasteiger partial charge >= 0.3 is 0 Å². The molecule has 0 saturated carbocycles. The van der Waals surface area contributed by atoms with Crippen LogP contribution in [-0.2, 0) is 6.54 Å². The predicted molar refractivity (Wildman–Crippen MR) is 68.4 cm³/mol. The quantitative estimate of drug-likeness (QED) is 0.827. The molecule has 17 heavy (non-hydrogen) atoms. The van der Waals surface area contributed by atoms with Crippen LogP contribution < -0.4 is 5.32 Å². The van der Waals surface area contributed by atoms with E-state index in [1.165, 1.54) is 5.56 Å². The van der Waals surface area contributed by atoms with Crippen LogP contribution in [0.5, 0.6) is 0 Å². The first-order chi connectivity index (χ1) is 8.36. The molecule has 0 saturated heterocycles. The van der Waals surface area contributed by atoms with E-state index in [1.54, 1.807) is 0 Å². The van der Waals surface area contributed by atoms with Crippen LogP contribution in [0.25, 0.3) is 0 Å². The molecule has 0 amide bonds. The zero-order valence-corrected chi connectivity index (χ0v) is 9.64. The van der Waals surface area contributed by atoms with Crippen LogP contribution >= 0.6 is 0 Å². The molecule has 0 radical (unpaired) electrons. The fourth-order valence-electron chi connectivity index (χ4n) is 1.72. The molecule has 1 nitrogen and oxygen atoms in total. The Morgan fingerprint density at radius 2 is 1.47 bits per heavy atom. The number of hydrogen-bond donors (Lipinski definition) is 1. The number of rotatable bonds is 5. The largest absolute Gasteiger partial charge is 0.309 e. The third-order valence-electron chi connectivity index (χ3n) is 2.66. The molecular formula is C15H16FN. The number of benzene rings is 2. The van der Waals surface area contributed by atoms with Crippen LogP contribution in [0.15, 0.2) is 60.7 Å². The fraction of sp³-hybridized carbons (Fsp3) is 0.200. The molecule has 1 N–H and O–H groups in total. The first kappa shape index (κ1) is 11.8. The average molecular weight is 229 g/mol. The highest BCUT2D eigenvalue weighted by molar-refractivity contribution is 5.18. The summed E-state index contributed by atoms with van der Waals surface area (Å²) < 4.78 is 13.8. The zero-order chi connectivity index (χ0) is 11.9. The van der Waals surface area contributed by atoms with Gasteiger partial charge in [-0.25, -0.2) is 4.39 Å². The summed E-state index contributed by atoms with van der Waals surface area (Å²) in [6, 6.07) is 19.3. The number of halogens is 1. The van der Waals surface area contributed by atoms with Crippen LogP contribution in [0.4, 0.5) is 4.39 Å². The molecule has 0 fully saturated rings. The second kappa shape index (κ2) is 6.16. The lowest BCUT2D eigenvalue weighted by Crippen LogP contribution is -2.18. The highest BCUT2D eigenvalue weighted by Crippen LogP contribution is 2.15. The Hall–Kier alpha value is -1.67. The molecule has 0 heterocycles. The van der Waals surface area contributed by atoms with Gasteiger partial charge in [-0.2, -0.15) is 0 Å². The van der Waals surface area contributed by atoms with Crippen LogP contribution in [0.2, 0.25) is 0 Å². The number of hydrogen-bond acceptors (Lipinski definition) is 1. The third kappa shape index (κ3) is 3.68. The molecule has 0 aliphatic rings. The summed E-state index contributed by atoms with van der Waals surface area (Å²) in [7, 11) is 0. The Balaban J connectivity index is 1.79. The van der Waals surface area contributed by atoms with Crippen LogP contribution in [0.1, 0.15) is 17.3 Å². The zero-order valence-electron chi connectivity index (χ0n) is 9.64. The number of alkyl halides is 1. The van der Waals surface area contributed by atoms with Crippen molar-refractivity contribution in [2.75, 3.05) is 6.54 Å². The molecule has 2 rings (SSSR count). The highest BCUT2D eigenvalue weighted by Gasteiger charge is 2.07. The van der Waals surface area contributed by atoms with Gasteiger partial charge in [0.2, 0.25) is 0 Å². The van der Waals surface area contributed by atoms with E-state index in [1.807, 2.05) is 60.7 Å². The van der Waals surface area contributed by atoms with Crippen molar-refractivity contribution in [3.8, 4) is 0 Å². The van der Waals surface area contributed by atoms with Crippen molar-refractivity contribution in [3.05, 3.63) is 71.8 Å². The van der Waals surface area contributed by atoms with E-state index in [-0.39, 0.29) is 0 Å². The predicted octanol–water partition coefficient (Wildman–Crippen LogP) is 3.49. The molecule has 1 atom stereocenters. The molecule has 2 heteroatoms. The summed E-state index contributed by atoms with van der Waals surface area (Å²) in [6.07, 6.45) is -0.945. The lowest BCUT2D eigenvalue weighted by molar-refractivity contribution is 0.327. The minimum absolute atomic E-state index is 0.346. The molecule has 88 valence electrons. The van der Waals surface area contributed by atoms with Gasteiger partial charge in [-0.1, -0.05) is 60.7 Å². The molecule has 0 aromatic heterocycles. The van der Waals surface area contributed by atoms with E-state index in [0.717, 1.165) is 5.56 Å². The first-order valence-electron chi connectivity index (χ1n) is 5.80. The second-order valence-electron chi connectivity index (χ2n) is 3.99. The maximum Gasteiger partial charge on any atom is 0.137 e. The van der Waals surface area contributed by atoms with Crippen LogP contribution in [0.3, 0.4) is 0 Å². The Labute approximate surface area is 101 Å². The molecule has 0 spiro atoms. The van der Waals surface area contributed by atoms with Crippen molar-refractivity contribution in [1.82, 2.24) is 5.32 Å². The van der Waals surface area contributed by atoms with Crippen molar-refractivity contribution in [2.45, 2.75) is 12.7 Å². The Kier molecular flexibility index (Phi) is 4.28. The first-order valence-corrected chi connectivity index (χ1v) is 5.80. The van der Waals surface area contributed by atoms with Crippen LogP contribution in [-0.4, -0.2) is 6.54 Å². The molecule has 2 aromatic carbocycles. The summed E-state index contributed by atoms with van der Waals surface area (Å²) in [5.74, 6) is 0. The topological polar surface area (TPSA) is 12.0 Å². The van der Waals surface area contributed by atoms with E-state index in [0.29, 0.717) is 13.1 Å². The van der Waals surface area contributed by atoms with E-state index in [9.17, 15) is 4.39 Å². The van der Waals surface area contributed by atoms with Gasteiger partial charge in [0.25, 0.3) is 0 Å². The molecule has 2 aromatic rings. The van der Waals surface area contributed by atoms with Crippen LogP contribution in [0, 0.1) is 0 Å². The minimum Gasteiger partial charge on any atom is -0.309 e. The minimum atomic E-state index is -0.945. The maximum atomic E-state index is 13.8. The van der Waals surface area contributed by atoms with E-state index in [4.69, 9.17) is 0 Å². The normalized spacial score (nSPS) is 12.3. The van der Waals surface area contributed by atoms with Gasteiger partial charge in [-0.3, -0.25) is 0 Å². The van der Waals surface area contributed by atoms with Crippen molar-refractivity contribution >= 4 is 0 Å². The summed E-state index contributed by atoms with van der Waals surface area (Å²) in [5.41, 5.74) is 1.90. The Morgan fingerprint density at radius 1 is 0.882 bits per heavy atom. The van der Waals surface area contributed by atoms with E-state index in [2.05, 4.69) is 5.32 Å². The Morgan fingerprint density at radius 3 is 2.12 bits per heavy atom. The van der Waals surface area contributed by atoms with Crippen molar-refractivity contribution < 1.29 is 4.39 Å². The number of nitrogens with one attached hydrogen (secondary N) is 1. The second-order valence-corrected chi connectivity index (χ2v) is 3.99. The summed E-state index contributed by atoms with van der Waals surface area (Å²) in [4.78, 5) is 0. The molecular weight excluding hydrogens is 213 g/mol. The van der Waals surface area contributed by atoms with Gasteiger partial charge in [0, 0.05) is 13.1 Å². The summed E-state index contributed by atoms with van der Waals surface area (Å²) in [6.45, 7) is 1.05. The fourth-order valence-corrected chi connectivity index (χ4v) is 1.72. The monoisotopic (exact) mass is 229 g/mol. The molecule has 0 bridgehead atoms. The van der Waals surface area contributed by atoms with Gasteiger partial charge in [-0.15, -0.1) is 0 Å². The SMILES string of the molecule is FC(CNCc1ccccc1)c1ccccc1. The molecule has 0 aliphatic carbocycles. The summed E-state index contributed by atoms with van der Waals surface area (Å²) in [5, 5.41) is 3.12. The molecule has 0 aliphatic heterocycles. The Bertz CT molecular complexity index is 427. The van der Waals surface area contributed by atoms with Crippen molar-refractivity contribution in [2.24, 2.45) is 0 Å². The van der Waals surface area contributed by atoms with Gasteiger partial charge in [0.15, 0.2) is 0 Å². The summed E-state index contributed by atoms with van der Waals surface area (Å²) >= 11 is 0.